The number of ether oxygens (including phenoxy) is 1. The highest BCUT2D eigenvalue weighted by Crippen LogP contribution is 2.16. The Balaban J connectivity index is 1.54. The zero-order valence-electron chi connectivity index (χ0n) is 15.5. The van der Waals surface area contributed by atoms with E-state index in [1.807, 2.05) is 28.6 Å². The van der Waals surface area contributed by atoms with Crippen LogP contribution >= 0.6 is 0 Å². The molecule has 0 bridgehead atoms. The van der Waals surface area contributed by atoms with Crippen molar-refractivity contribution in [2.24, 2.45) is 0 Å². The van der Waals surface area contributed by atoms with E-state index in [1.165, 1.54) is 0 Å². The van der Waals surface area contributed by atoms with E-state index >= 15 is 0 Å². The molecule has 1 aromatic heterocycles. The van der Waals surface area contributed by atoms with E-state index in [0.717, 1.165) is 25.3 Å². The minimum atomic E-state index is -0.173. The van der Waals surface area contributed by atoms with Crippen LogP contribution in [0.25, 0.3) is 0 Å². The molecule has 2 amide bonds. The Kier molecular flexibility index (Phi) is 6.23. The van der Waals surface area contributed by atoms with E-state index in [1.54, 1.807) is 6.07 Å². The molecule has 1 fully saturated rings. The van der Waals surface area contributed by atoms with Gasteiger partial charge in [0, 0.05) is 32.7 Å². The summed E-state index contributed by atoms with van der Waals surface area (Å²) in [5.41, 5.74) is 1.30. The summed E-state index contributed by atoms with van der Waals surface area (Å²) >= 11 is 0. The fraction of sp³-hybridized carbons (Fsp3) is 0.706. The molecular formula is C17H28N6O3. The third-order valence-electron chi connectivity index (χ3n) is 4.63. The van der Waals surface area contributed by atoms with Crippen LogP contribution in [0.15, 0.2) is 6.07 Å². The van der Waals surface area contributed by atoms with E-state index in [-0.39, 0.29) is 17.9 Å². The first kappa shape index (κ1) is 18.8. The van der Waals surface area contributed by atoms with Crippen molar-refractivity contribution >= 4 is 11.8 Å². The van der Waals surface area contributed by atoms with Crippen molar-refractivity contribution in [2.45, 2.75) is 25.6 Å². The zero-order chi connectivity index (χ0) is 18.5. The van der Waals surface area contributed by atoms with Crippen molar-refractivity contribution in [1.29, 1.82) is 0 Å². The van der Waals surface area contributed by atoms with Crippen molar-refractivity contribution in [2.75, 3.05) is 53.4 Å². The number of nitrogens with zero attached hydrogens (tertiary/aromatic N) is 4. The molecule has 2 aliphatic heterocycles. The number of aromatic nitrogens is 2. The molecule has 9 heteroatoms. The lowest BCUT2D eigenvalue weighted by atomic mass is 10.2. The smallest absolute Gasteiger partial charge is 0.271 e. The predicted octanol–water partition coefficient (Wildman–Crippen LogP) is -1.10. The minimum Gasteiger partial charge on any atom is -0.375 e. The van der Waals surface area contributed by atoms with Gasteiger partial charge in [0.15, 0.2) is 5.69 Å². The molecule has 0 saturated carbocycles. The summed E-state index contributed by atoms with van der Waals surface area (Å²) in [4.78, 5) is 28.6. The van der Waals surface area contributed by atoms with Gasteiger partial charge >= 0.3 is 0 Å². The number of likely N-dealkylation sites (N-methyl/N-ethyl adjacent to an activating group) is 1. The number of hydrogen-bond acceptors (Lipinski definition) is 6. The van der Waals surface area contributed by atoms with Crippen molar-refractivity contribution in [3.8, 4) is 0 Å². The maximum atomic E-state index is 12.5. The Labute approximate surface area is 153 Å². The van der Waals surface area contributed by atoms with Crippen LogP contribution in [0.5, 0.6) is 0 Å². The third-order valence-corrected chi connectivity index (χ3v) is 4.63. The Morgan fingerprint density at radius 1 is 1.42 bits per heavy atom. The number of hydrogen-bond donors (Lipinski definition) is 2. The number of rotatable bonds is 6. The first-order valence-electron chi connectivity index (χ1n) is 9.12. The molecule has 1 unspecified atom stereocenters. The molecule has 1 saturated heterocycles. The summed E-state index contributed by atoms with van der Waals surface area (Å²) in [6.45, 7) is 5.26. The number of fused-ring (bicyclic) bond motifs is 1. The molecule has 0 spiro atoms. The lowest BCUT2D eigenvalue weighted by Crippen LogP contribution is -2.44. The van der Waals surface area contributed by atoms with Gasteiger partial charge in [0.2, 0.25) is 5.91 Å². The summed E-state index contributed by atoms with van der Waals surface area (Å²) in [6.07, 6.45) is 0.333. The van der Waals surface area contributed by atoms with E-state index in [2.05, 4.69) is 15.7 Å². The zero-order valence-corrected chi connectivity index (χ0v) is 15.5. The van der Waals surface area contributed by atoms with Crippen molar-refractivity contribution < 1.29 is 14.3 Å². The maximum absolute atomic E-state index is 12.5. The molecule has 3 rings (SSSR count). The number of morpholine rings is 1. The second kappa shape index (κ2) is 8.61. The van der Waals surface area contributed by atoms with Gasteiger partial charge in [0.1, 0.15) is 0 Å². The largest absolute Gasteiger partial charge is 0.375 e. The van der Waals surface area contributed by atoms with Gasteiger partial charge in [0.05, 0.1) is 37.9 Å². The lowest BCUT2D eigenvalue weighted by molar-refractivity contribution is -0.136. The second-order valence-corrected chi connectivity index (χ2v) is 7.02. The highest BCUT2D eigenvalue weighted by atomic mass is 16.5. The van der Waals surface area contributed by atoms with E-state index in [9.17, 15) is 9.59 Å². The summed E-state index contributed by atoms with van der Waals surface area (Å²) in [5, 5.41) is 10.5. The van der Waals surface area contributed by atoms with E-state index in [4.69, 9.17) is 4.74 Å². The highest BCUT2D eigenvalue weighted by Gasteiger charge is 2.26. The second-order valence-electron chi connectivity index (χ2n) is 7.02. The Hall–Kier alpha value is -1.97. The minimum absolute atomic E-state index is 0.0545. The van der Waals surface area contributed by atoms with Crippen LogP contribution in [0.4, 0.5) is 0 Å². The van der Waals surface area contributed by atoms with Gasteiger partial charge in [-0.15, -0.1) is 0 Å². The first-order valence-corrected chi connectivity index (χ1v) is 9.12. The van der Waals surface area contributed by atoms with Gasteiger partial charge in [-0.1, -0.05) is 0 Å². The average molecular weight is 364 g/mol. The van der Waals surface area contributed by atoms with Crippen LogP contribution in [-0.4, -0.2) is 90.9 Å². The lowest BCUT2D eigenvalue weighted by Gasteiger charge is -2.30. The quantitative estimate of drug-likeness (QED) is 0.666. The van der Waals surface area contributed by atoms with Gasteiger partial charge < -0.3 is 25.2 Å². The van der Waals surface area contributed by atoms with Gasteiger partial charge in [-0.25, -0.2) is 0 Å². The first-order chi connectivity index (χ1) is 12.5. The SMILES string of the molecule is CN(C)CCNC(=O)c1cc2n(n1)CCN(C(=O)CC1CNCCO1)C2. The molecule has 0 radical (unpaired) electrons. The molecule has 26 heavy (non-hydrogen) atoms. The molecule has 1 atom stereocenters. The summed E-state index contributed by atoms with van der Waals surface area (Å²) in [6, 6.07) is 1.78. The van der Waals surface area contributed by atoms with Gasteiger partial charge in [0.25, 0.3) is 5.91 Å². The molecule has 2 aliphatic rings. The third kappa shape index (κ3) is 4.80. The Bertz CT molecular complexity index is 638. The molecule has 1 aromatic rings. The van der Waals surface area contributed by atoms with Crippen LogP contribution in [0, 0.1) is 0 Å². The summed E-state index contributed by atoms with van der Waals surface area (Å²) < 4.78 is 7.44. The van der Waals surface area contributed by atoms with Gasteiger partial charge in [-0.05, 0) is 20.2 Å². The molecular weight excluding hydrogens is 336 g/mol. The number of carbonyl (C=O) groups is 2. The van der Waals surface area contributed by atoms with Gasteiger partial charge in [-0.3, -0.25) is 14.3 Å². The van der Waals surface area contributed by atoms with Crippen LogP contribution in [0.2, 0.25) is 0 Å². The van der Waals surface area contributed by atoms with Gasteiger partial charge in [-0.2, -0.15) is 5.10 Å². The highest BCUT2D eigenvalue weighted by molar-refractivity contribution is 5.92. The topological polar surface area (TPSA) is 91.7 Å². The predicted molar refractivity (Wildman–Crippen MR) is 95.8 cm³/mol. The molecule has 3 heterocycles. The molecule has 2 N–H and O–H groups in total. The fourth-order valence-electron chi connectivity index (χ4n) is 3.15. The van der Waals surface area contributed by atoms with Crippen molar-refractivity contribution in [3.05, 3.63) is 17.5 Å². The Morgan fingerprint density at radius 2 is 2.27 bits per heavy atom. The van der Waals surface area contributed by atoms with Crippen LogP contribution < -0.4 is 10.6 Å². The van der Waals surface area contributed by atoms with E-state index < -0.39 is 0 Å². The molecule has 144 valence electrons. The van der Waals surface area contributed by atoms with Crippen molar-refractivity contribution in [3.63, 3.8) is 0 Å². The number of nitrogens with one attached hydrogen (secondary N) is 2. The summed E-state index contributed by atoms with van der Waals surface area (Å²) in [5.74, 6) is -0.0866. The molecule has 9 nitrogen and oxygen atoms in total. The number of carbonyl (C=O) groups excluding carboxylic acids is 2. The maximum Gasteiger partial charge on any atom is 0.271 e. The monoisotopic (exact) mass is 364 g/mol. The van der Waals surface area contributed by atoms with Crippen LogP contribution in [-0.2, 0) is 22.6 Å². The molecule has 0 aliphatic carbocycles. The number of amides is 2. The average Bonchev–Trinajstić information content (AvgIpc) is 3.05. The molecule has 0 aromatic carbocycles. The summed E-state index contributed by atoms with van der Waals surface area (Å²) in [7, 11) is 3.92. The fourth-order valence-corrected chi connectivity index (χ4v) is 3.15. The van der Waals surface area contributed by atoms with Crippen LogP contribution in [0.1, 0.15) is 22.6 Å². The Morgan fingerprint density at radius 3 is 3.00 bits per heavy atom. The van der Waals surface area contributed by atoms with Crippen molar-refractivity contribution in [1.82, 2.24) is 30.2 Å². The van der Waals surface area contributed by atoms with Crippen LogP contribution in [0.3, 0.4) is 0 Å². The standard InChI is InChI=1S/C17H28N6O3/c1-21(2)5-3-19-17(25)15-9-13-12-22(6-7-23(13)20-15)16(24)10-14-11-18-4-8-26-14/h9,14,18H,3-8,10-12H2,1-2H3,(H,19,25). The normalized spacial score (nSPS) is 20.1. The van der Waals surface area contributed by atoms with E-state index in [0.29, 0.717) is 44.9 Å².